The zero-order valence-electron chi connectivity index (χ0n) is 14.7. The van der Waals surface area contributed by atoms with Crippen molar-refractivity contribution in [2.75, 3.05) is 5.32 Å². The Hall–Kier alpha value is -2.62. The number of fused-ring (bicyclic) bond motifs is 1. The van der Waals surface area contributed by atoms with Crippen LogP contribution in [0.2, 0.25) is 0 Å². The first-order chi connectivity index (χ1) is 12.0. The number of benzene rings is 2. The number of carbonyl (C=O) groups is 2. The third-order valence-corrected chi connectivity index (χ3v) is 4.54. The monoisotopic (exact) mass is 337 g/mol. The lowest BCUT2D eigenvalue weighted by atomic mass is 9.92. The minimum Gasteiger partial charge on any atom is -0.481 e. The highest BCUT2D eigenvalue weighted by Gasteiger charge is 2.17. The van der Waals surface area contributed by atoms with Crippen molar-refractivity contribution >= 4 is 17.4 Å². The molecular weight excluding hydrogens is 314 g/mol. The molecule has 0 radical (unpaired) electrons. The van der Waals surface area contributed by atoms with Gasteiger partial charge in [0.1, 0.15) is 5.75 Å². The van der Waals surface area contributed by atoms with Crippen LogP contribution in [0.3, 0.4) is 0 Å². The molecule has 3 rings (SSSR count). The summed E-state index contributed by atoms with van der Waals surface area (Å²) in [6.45, 7) is 3.23. The number of rotatable bonds is 5. The zero-order chi connectivity index (χ0) is 17.8. The van der Waals surface area contributed by atoms with E-state index >= 15 is 0 Å². The lowest BCUT2D eigenvalue weighted by Crippen LogP contribution is -2.30. The average Bonchev–Trinajstić information content (AvgIpc) is 2.61. The van der Waals surface area contributed by atoms with Gasteiger partial charge in [0.05, 0.1) is 0 Å². The van der Waals surface area contributed by atoms with Gasteiger partial charge in [0.2, 0.25) is 0 Å². The van der Waals surface area contributed by atoms with Crippen molar-refractivity contribution in [3.63, 3.8) is 0 Å². The van der Waals surface area contributed by atoms with Crippen LogP contribution in [0.25, 0.3) is 0 Å². The second-order valence-corrected chi connectivity index (χ2v) is 6.52. The molecular formula is C21H23NO3. The summed E-state index contributed by atoms with van der Waals surface area (Å²) in [7, 11) is 0. The maximum Gasteiger partial charge on any atom is 0.265 e. The molecule has 0 unspecified atom stereocenters. The maximum absolute atomic E-state index is 12.4. The predicted molar refractivity (Wildman–Crippen MR) is 98.3 cm³/mol. The van der Waals surface area contributed by atoms with Crippen LogP contribution in [-0.2, 0) is 17.6 Å². The summed E-state index contributed by atoms with van der Waals surface area (Å²) in [5, 5.41) is 2.80. The van der Waals surface area contributed by atoms with Gasteiger partial charge < -0.3 is 10.1 Å². The van der Waals surface area contributed by atoms with E-state index < -0.39 is 6.10 Å². The SMILES string of the molecule is CC(=O)c1cccc(NC(=O)[C@H](C)Oc2ccc3c(c2)CCCC3)c1. The highest BCUT2D eigenvalue weighted by Crippen LogP contribution is 2.26. The van der Waals surface area contributed by atoms with E-state index in [1.165, 1.54) is 30.9 Å². The van der Waals surface area contributed by atoms with Crippen LogP contribution in [0, 0.1) is 0 Å². The van der Waals surface area contributed by atoms with E-state index in [1.807, 2.05) is 6.07 Å². The lowest BCUT2D eigenvalue weighted by molar-refractivity contribution is -0.122. The highest BCUT2D eigenvalue weighted by molar-refractivity contribution is 5.98. The van der Waals surface area contributed by atoms with Gasteiger partial charge in [-0.2, -0.15) is 0 Å². The Kier molecular flexibility index (Phi) is 5.17. The van der Waals surface area contributed by atoms with Crippen molar-refractivity contribution in [1.82, 2.24) is 0 Å². The van der Waals surface area contributed by atoms with E-state index in [9.17, 15) is 9.59 Å². The van der Waals surface area contributed by atoms with Gasteiger partial charge >= 0.3 is 0 Å². The summed E-state index contributed by atoms with van der Waals surface area (Å²) in [6, 6.07) is 13.0. The quantitative estimate of drug-likeness (QED) is 0.833. The molecule has 25 heavy (non-hydrogen) atoms. The summed E-state index contributed by atoms with van der Waals surface area (Å²) in [5.74, 6) is 0.452. The largest absolute Gasteiger partial charge is 0.481 e. The van der Waals surface area contributed by atoms with Crippen molar-refractivity contribution in [3.05, 3.63) is 59.2 Å². The van der Waals surface area contributed by atoms with E-state index in [0.29, 0.717) is 11.3 Å². The first-order valence-electron chi connectivity index (χ1n) is 8.73. The van der Waals surface area contributed by atoms with Crippen LogP contribution < -0.4 is 10.1 Å². The third-order valence-electron chi connectivity index (χ3n) is 4.54. The average molecular weight is 337 g/mol. The van der Waals surface area contributed by atoms with Gasteiger partial charge in [-0.05, 0) is 74.9 Å². The number of hydrogen-bond donors (Lipinski definition) is 1. The van der Waals surface area contributed by atoms with Gasteiger partial charge in [0.15, 0.2) is 11.9 Å². The predicted octanol–water partition coefficient (Wildman–Crippen LogP) is 4.17. The topological polar surface area (TPSA) is 55.4 Å². The van der Waals surface area contributed by atoms with Crippen molar-refractivity contribution < 1.29 is 14.3 Å². The molecule has 0 saturated carbocycles. The molecule has 0 heterocycles. The van der Waals surface area contributed by atoms with Gasteiger partial charge in [-0.1, -0.05) is 18.2 Å². The molecule has 4 heteroatoms. The number of amides is 1. The Morgan fingerprint density at radius 3 is 2.56 bits per heavy atom. The van der Waals surface area contributed by atoms with Crippen molar-refractivity contribution in [3.8, 4) is 5.75 Å². The molecule has 0 saturated heterocycles. The Morgan fingerprint density at radius 1 is 1.04 bits per heavy atom. The molecule has 0 aliphatic heterocycles. The van der Waals surface area contributed by atoms with Crippen LogP contribution in [-0.4, -0.2) is 17.8 Å². The molecule has 0 bridgehead atoms. The zero-order valence-corrected chi connectivity index (χ0v) is 14.7. The van der Waals surface area contributed by atoms with Crippen LogP contribution in [0.5, 0.6) is 5.75 Å². The summed E-state index contributed by atoms with van der Waals surface area (Å²) >= 11 is 0. The molecule has 0 fully saturated rings. The van der Waals surface area contributed by atoms with Crippen molar-refractivity contribution in [2.24, 2.45) is 0 Å². The first-order valence-corrected chi connectivity index (χ1v) is 8.73. The molecule has 1 aliphatic carbocycles. The highest BCUT2D eigenvalue weighted by atomic mass is 16.5. The Morgan fingerprint density at radius 2 is 1.80 bits per heavy atom. The molecule has 0 aromatic heterocycles. The molecule has 0 spiro atoms. The van der Waals surface area contributed by atoms with Gasteiger partial charge in [0, 0.05) is 11.3 Å². The number of ketones is 1. The van der Waals surface area contributed by atoms with Gasteiger partial charge in [-0.3, -0.25) is 9.59 Å². The lowest BCUT2D eigenvalue weighted by Gasteiger charge is -2.19. The summed E-state index contributed by atoms with van der Waals surface area (Å²) in [6.07, 6.45) is 4.02. The van der Waals surface area contributed by atoms with Crippen molar-refractivity contribution in [1.29, 1.82) is 0 Å². The number of carbonyl (C=O) groups excluding carboxylic acids is 2. The Balaban J connectivity index is 1.64. The van der Waals surface area contributed by atoms with E-state index in [0.717, 1.165) is 18.6 Å². The normalized spacial score (nSPS) is 14.3. The van der Waals surface area contributed by atoms with Crippen LogP contribution in [0.4, 0.5) is 5.69 Å². The van der Waals surface area contributed by atoms with Crippen molar-refractivity contribution in [2.45, 2.75) is 45.6 Å². The second-order valence-electron chi connectivity index (χ2n) is 6.52. The smallest absolute Gasteiger partial charge is 0.265 e. The van der Waals surface area contributed by atoms with Gasteiger partial charge in [-0.25, -0.2) is 0 Å². The minimum atomic E-state index is -0.623. The Labute approximate surface area is 148 Å². The molecule has 1 N–H and O–H groups in total. The number of nitrogens with one attached hydrogen (secondary N) is 1. The number of Topliss-reactive ketones (excluding diaryl/α,β-unsaturated/α-hetero) is 1. The second kappa shape index (κ2) is 7.51. The minimum absolute atomic E-state index is 0.0329. The fourth-order valence-electron chi connectivity index (χ4n) is 3.10. The number of ether oxygens (including phenoxy) is 1. The molecule has 4 nitrogen and oxygen atoms in total. The summed E-state index contributed by atoms with van der Waals surface area (Å²) < 4.78 is 5.81. The standard InChI is InChI=1S/C21H23NO3/c1-14(23)17-8-5-9-19(12-17)22-21(24)15(2)25-20-11-10-16-6-3-4-7-18(16)13-20/h5,8-13,15H,3-4,6-7H2,1-2H3,(H,22,24)/t15-/m0/s1. The molecule has 2 aromatic carbocycles. The fraction of sp³-hybridized carbons (Fsp3) is 0.333. The molecule has 130 valence electrons. The van der Waals surface area contributed by atoms with E-state index in [2.05, 4.69) is 17.4 Å². The maximum atomic E-state index is 12.4. The molecule has 1 atom stereocenters. The number of anilines is 1. The van der Waals surface area contributed by atoms with Crippen LogP contribution in [0.15, 0.2) is 42.5 Å². The van der Waals surface area contributed by atoms with Gasteiger partial charge in [0.25, 0.3) is 5.91 Å². The van der Waals surface area contributed by atoms with E-state index in [4.69, 9.17) is 4.74 Å². The fourth-order valence-corrected chi connectivity index (χ4v) is 3.10. The van der Waals surface area contributed by atoms with E-state index in [1.54, 1.807) is 31.2 Å². The summed E-state index contributed by atoms with van der Waals surface area (Å²) in [5.41, 5.74) is 3.88. The van der Waals surface area contributed by atoms with Crippen LogP contribution >= 0.6 is 0 Å². The first kappa shape index (κ1) is 17.2. The molecule has 2 aromatic rings. The van der Waals surface area contributed by atoms with E-state index in [-0.39, 0.29) is 11.7 Å². The third kappa shape index (κ3) is 4.27. The molecule has 1 amide bonds. The Bertz CT molecular complexity index is 797. The van der Waals surface area contributed by atoms with Crippen LogP contribution in [0.1, 0.15) is 48.2 Å². The number of aryl methyl sites for hydroxylation is 2. The summed E-state index contributed by atoms with van der Waals surface area (Å²) in [4.78, 5) is 23.8. The van der Waals surface area contributed by atoms with Gasteiger partial charge in [-0.15, -0.1) is 0 Å². The number of hydrogen-bond acceptors (Lipinski definition) is 3. The molecule has 1 aliphatic rings.